The third-order valence-corrected chi connectivity index (χ3v) is 6.68. The lowest BCUT2D eigenvalue weighted by Gasteiger charge is -2.47. The quantitative estimate of drug-likeness (QED) is 0.706. The number of likely N-dealkylation sites (tertiary alicyclic amines) is 1. The van der Waals surface area contributed by atoms with Crippen molar-refractivity contribution < 1.29 is 4.79 Å². The molecule has 0 aliphatic carbocycles. The maximum atomic E-state index is 13.6. The number of hydrogen-bond donors (Lipinski definition) is 1. The zero-order valence-electron chi connectivity index (χ0n) is 17.7. The maximum Gasteiger partial charge on any atom is 0.256 e. The summed E-state index contributed by atoms with van der Waals surface area (Å²) >= 11 is 0. The van der Waals surface area contributed by atoms with Gasteiger partial charge >= 0.3 is 0 Å². The minimum Gasteiger partial charge on any atom is -0.338 e. The molecule has 31 heavy (non-hydrogen) atoms. The zero-order chi connectivity index (χ0) is 21.7. The van der Waals surface area contributed by atoms with Gasteiger partial charge in [-0.2, -0.15) is 0 Å². The first-order valence-electron chi connectivity index (χ1n) is 10.7. The summed E-state index contributed by atoms with van der Waals surface area (Å²) in [6, 6.07) is 12.7. The molecular formula is C24H26N4O3. The van der Waals surface area contributed by atoms with E-state index in [0.29, 0.717) is 29.4 Å². The number of H-pyrrole nitrogens is 1. The number of nitrogens with zero attached hydrogens (tertiary/aromatic N) is 3. The standard InChI is InChI=1S/C24H26N4O3/c1-26(2)14-21-16-10-15(20-8-5-9-22(29)28(20)21)12-27(13-16)24(31)19-11-25-23(30)18-7-4-3-6-17(18)19/h3-9,11,15-16,21H,10,12-14H2,1-2H3,(H,25,30)/t15-,16+,21+/m1/s1. The molecule has 1 fully saturated rings. The number of rotatable bonds is 3. The first-order valence-corrected chi connectivity index (χ1v) is 10.7. The van der Waals surface area contributed by atoms with E-state index in [0.717, 1.165) is 18.7 Å². The zero-order valence-corrected chi connectivity index (χ0v) is 17.7. The largest absolute Gasteiger partial charge is 0.338 e. The van der Waals surface area contributed by atoms with Gasteiger partial charge < -0.3 is 19.4 Å². The van der Waals surface area contributed by atoms with Gasteiger partial charge in [-0.3, -0.25) is 14.4 Å². The summed E-state index contributed by atoms with van der Waals surface area (Å²) in [7, 11) is 4.02. The van der Waals surface area contributed by atoms with Crippen LogP contribution in [0.15, 0.2) is 58.3 Å². The molecule has 160 valence electrons. The van der Waals surface area contributed by atoms with Crippen molar-refractivity contribution in [2.75, 3.05) is 33.7 Å². The molecule has 1 N–H and O–H groups in total. The number of pyridine rings is 2. The van der Waals surface area contributed by atoms with E-state index >= 15 is 0 Å². The van der Waals surface area contributed by atoms with Crippen LogP contribution in [0, 0.1) is 5.92 Å². The fourth-order valence-electron chi connectivity index (χ4n) is 5.37. The highest BCUT2D eigenvalue weighted by atomic mass is 16.2. The van der Waals surface area contributed by atoms with E-state index in [1.807, 2.05) is 47.8 Å². The number of piperidine rings is 1. The van der Waals surface area contributed by atoms with Crippen LogP contribution < -0.4 is 11.1 Å². The molecule has 3 atom stereocenters. The van der Waals surface area contributed by atoms with E-state index in [2.05, 4.69) is 9.88 Å². The fraction of sp³-hybridized carbons (Fsp3) is 0.375. The first kappa shape index (κ1) is 19.8. The van der Waals surface area contributed by atoms with Crippen LogP contribution in [0.2, 0.25) is 0 Å². The summed E-state index contributed by atoms with van der Waals surface area (Å²) in [6.45, 7) is 1.92. The number of carbonyl (C=O) groups is 1. The highest BCUT2D eigenvalue weighted by Crippen LogP contribution is 2.41. The van der Waals surface area contributed by atoms with Crippen molar-refractivity contribution in [3.63, 3.8) is 0 Å². The molecule has 2 aliphatic rings. The number of likely N-dealkylation sites (N-methyl/N-ethyl adjacent to an activating group) is 1. The molecule has 2 aliphatic heterocycles. The van der Waals surface area contributed by atoms with E-state index in [1.165, 1.54) is 6.20 Å². The molecule has 7 nitrogen and oxygen atoms in total. The average molecular weight is 418 g/mol. The second kappa shape index (κ2) is 7.50. The van der Waals surface area contributed by atoms with E-state index in [4.69, 9.17) is 0 Å². The highest BCUT2D eigenvalue weighted by molar-refractivity contribution is 6.06. The van der Waals surface area contributed by atoms with Gasteiger partial charge in [0, 0.05) is 54.3 Å². The van der Waals surface area contributed by atoms with Crippen molar-refractivity contribution in [2.45, 2.75) is 18.4 Å². The minimum absolute atomic E-state index is 0.0258. The molecule has 0 saturated carbocycles. The summed E-state index contributed by atoms with van der Waals surface area (Å²) in [6.07, 6.45) is 2.51. The maximum absolute atomic E-state index is 13.6. The van der Waals surface area contributed by atoms with Crippen LogP contribution >= 0.6 is 0 Å². The number of carbonyl (C=O) groups excluding carboxylic acids is 1. The van der Waals surface area contributed by atoms with Crippen LogP contribution in [0.25, 0.3) is 10.8 Å². The monoisotopic (exact) mass is 418 g/mol. The number of amides is 1. The van der Waals surface area contributed by atoms with Gasteiger partial charge in [-0.1, -0.05) is 24.3 Å². The number of fused-ring (bicyclic) bond motifs is 5. The molecule has 1 amide bonds. The van der Waals surface area contributed by atoms with Crippen LogP contribution in [0.3, 0.4) is 0 Å². The number of nitrogens with one attached hydrogen (secondary N) is 1. The predicted octanol–water partition coefficient (Wildman–Crippen LogP) is 2.05. The molecule has 0 radical (unpaired) electrons. The smallest absolute Gasteiger partial charge is 0.256 e. The van der Waals surface area contributed by atoms with Crippen molar-refractivity contribution in [1.82, 2.24) is 19.4 Å². The molecule has 3 aromatic rings. The van der Waals surface area contributed by atoms with Gasteiger partial charge in [0.1, 0.15) is 0 Å². The van der Waals surface area contributed by atoms with E-state index in [1.54, 1.807) is 18.2 Å². The Labute approximate surface area is 179 Å². The van der Waals surface area contributed by atoms with Crippen LogP contribution in [0.1, 0.15) is 34.4 Å². The second-order valence-electron chi connectivity index (χ2n) is 8.97. The topological polar surface area (TPSA) is 78.4 Å². The summed E-state index contributed by atoms with van der Waals surface area (Å²) in [5.74, 6) is 0.258. The first-order chi connectivity index (χ1) is 14.9. The lowest BCUT2D eigenvalue weighted by molar-refractivity contribution is 0.0500. The van der Waals surface area contributed by atoms with E-state index in [9.17, 15) is 14.4 Å². The van der Waals surface area contributed by atoms with Gasteiger partial charge in [0.05, 0.1) is 11.6 Å². The Morgan fingerprint density at radius 2 is 1.84 bits per heavy atom. The second-order valence-corrected chi connectivity index (χ2v) is 8.97. The number of benzene rings is 1. The van der Waals surface area contributed by atoms with Crippen LogP contribution in [-0.4, -0.2) is 59.0 Å². The van der Waals surface area contributed by atoms with E-state index in [-0.39, 0.29) is 34.9 Å². The molecule has 7 heteroatoms. The lowest BCUT2D eigenvalue weighted by atomic mass is 9.78. The van der Waals surface area contributed by atoms with Gasteiger partial charge in [0.25, 0.3) is 17.0 Å². The Bertz CT molecular complexity index is 1280. The van der Waals surface area contributed by atoms with Crippen molar-refractivity contribution in [2.24, 2.45) is 5.92 Å². The van der Waals surface area contributed by atoms with Gasteiger partial charge in [0.2, 0.25) is 0 Å². The molecule has 1 aromatic carbocycles. The lowest BCUT2D eigenvalue weighted by Crippen LogP contribution is -2.52. The summed E-state index contributed by atoms with van der Waals surface area (Å²) in [5, 5.41) is 1.20. The van der Waals surface area contributed by atoms with Crippen molar-refractivity contribution >= 4 is 16.7 Å². The number of hydrogen-bond acceptors (Lipinski definition) is 4. The number of aromatic amines is 1. The highest BCUT2D eigenvalue weighted by Gasteiger charge is 2.42. The molecule has 4 heterocycles. The summed E-state index contributed by atoms with van der Waals surface area (Å²) in [4.78, 5) is 45.2. The average Bonchev–Trinajstić information content (AvgIpc) is 2.76. The number of aromatic nitrogens is 2. The molecule has 2 bridgehead atoms. The van der Waals surface area contributed by atoms with Gasteiger partial charge in [-0.15, -0.1) is 0 Å². The van der Waals surface area contributed by atoms with Crippen LogP contribution in [0.5, 0.6) is 0 Å². The Balaban J connectivity index is 1.55. The minimum atomic E-state index is -0.193. The Hall–Kier alpha value is -3.19. The van der Waals surface area contributed by atoms with Crippen molar-refractivity contribution in [3.05, 3.63) is 80.6 Å². The third-order valence-electron chi connectivity index (χ3n) is 6.68. The van der Waals surface area contributed by atoms with Crippen LogP contribution in [-0.2, 0) is 0 Å². The van der Waals surface area contributed by atoms with Gasteiger partial charge in [-0.25, -0.2) is 0 Å². The van der Waals surface area contributed by atoms with Crippen molar-refractivity contribution in [3.8, 4) is 0 Å². The molecule has 2 aromatic heterocycles. The van der Waals surface area contributed by atoms with Crippen molar-refractivity contribution in [1.29, 1.82) is 0 Å². The van der Waals surface area contributed by atoms with Gasteiger partial charge in [0.15, 0.2) is 0 Å². The SMILES string of the molecule is CN(C)C[C@H]1[C@H]2C[C@H](CN(C(=O)c3c[nH]c(=O)c4ccccc34)C2)c2cccc(=O)n21. The Kier molecular flexibility index (Phi) is 4.78. The molecule has 1 saturated heterocycles. The third kappa shape index (κ3) is 3.29. The molecular weight excluding hydrogens is 392 g/mol. The van der Waals surface area contributed by atoms with Crippen LogP contribution in [0.4, 0.5) is 0 Å². The molecule has 5 rings (SSSR count). The predicted molar refractivity (Wildman–Crippen MR) is 120 cm³/mol. The molecule has 0 spiro atoms. The molecule has 0 unspecified atom stereocenters. The summed E-state index contributed by atoms with van der Waals surface area (Å²) in [5.41, 5.74) is 1.37. The Morgan fingerprint density at radius 3 is 2.61 bits per heavy atom. The van der Waals surface area contributed by atoms with Gasteiger partial charge in [-0.05, 0) is 38.6 Å². The normalized spacial score (nSPS) is 22.5. The fourth-order valence-corrected chi connectivity index (χ4v) is 5.37. The van der Waals surface area contributed by atoms with E-state index < -0.39 is 0 Å². The summed E-state index contributed by atoms with van der Waals surface area (Å²) < 4.78 is 1.95. The Morgan fingerprint density at radius 1 is 1.06 bits per heavy atom.